The maximum absolute atomic E-state index is 12.7. The average molecular weight is 339 g/mol. The molecule has 3 amide bonds. The normalized spacial score (nSPS) is 22.5. The number of likely N-dealkylation sites (tertiary alicyclic amines) is 1. The first-order valence-electron chi connectivity index (χ1n) is 8.79. The lowest BCUT2D eigenvalue weighted by Crippen LogP contribution is -2.60. The number of nitrogens with zero attached hydrogens (tertiary/aromatic N) is 1. The van der Waals surface area contributed by atoms with Crippen molar-refractivity contribution >= 4 is 17.9 Å². The Bertz CT molecular complexity index is 479. The molecule has 2 saturated heterocycles. The van der Waals surface area contributed by atoms with E-state index in [2.05, 4.69) is 10.6 Å². The van der Waals surface area contributed by atoms with E-state index in [1.54, 1.807) is 20.8 Å². The number of piperidine rings is 1. The van der Waals surface area contributed by atoms with Crippen molar-refractivity contribution in [2.75, 3.05) is 26.2 Å². The topological polar surface area (TPSA) is 87.7 Å². The SMILES string of the molecule is CC(C)(C)OC(=O)N1CCCC2(C1)C(=O)NCCCCCNC2=O. The zero-order valence-corrected chi connectivity index (χ0v) is 14.9. The quantitative estimate of drug-likeness (QED) is 0.653. The second-order valence-corrected chi connectivity index (χ2v) is 7.66. The first kappa shape index (κ1) is 18.5. The van der Waals surface area contributed by atoms with Crippen LogP contribution in [0.25, 0.3) is 0 Å². The highest BCUT2D eigenvalue weighted by molar-refractivity contribution is 6.05. The van der Waals surface area contributed by atoms with Crippen molar-refractivity contribution < 1.29 is 19.1 Å². The highest BCUT2D eigenvalue weighted by atomic mass is 16.6. The lowest BCUT2D eigenvalue weighted by atomic mass is 9.77. The van der Waals surface area contributed by atoms with E-state index in [0.29, 0.717) is 32.5 Å². The van der Waals surface area contributed by atoms with Gasteiger partial charge in [-0.05, 0) is 52.9 Å². The number of hydrogen-bond acceptors (Lipinski definition) is 4. The molecule has 2 rings (SSSR count). The Kier molecular flexibility index (Phi) is 5.72. The first-order valence-corrected chi connectivity index (χ1v) is 8.79. The summed E-state index contributed by atoms with van der Waals surface area (Å²) in [6.07, 6.45) is 3.34. The molecule has 0 unspecified atom stereocenters. The van der Waals surface area contributed by atoms with E-state index in [4.69, 9.17) is 4.74 Å². The molecular formula is C17H29N3O4. The van der Waals surface area contributed by atoms with Crippen LogP contribution in [0, 0.1) is 5.41 Å². The maximum Gasteiger partial charge on any atom is 0.410 e. The molecule has 1 spiro atoms. The molecule has 2 aliphatic heterocycles. The Labute approximate surface area is 143 Å². The Morgan fingerprint density at radius 1 is 1.04 bits per heavy atom. The van der Waals surface area contributed by atoms with Gasteiger partial charge in [-0.2, -0.15) is 0 Å². The van der Waals surface area contributed by atoms with Gasteiger partial charge in [0.25, 0.3) is 0 Å². The third-order valence-corrected chi connectivity index (χ3v) is 4.44. The molecule has 2 fully saturated rings. The second-order valence-electron chi connectivity index (χ2n) is 7.66. The fourth-order valence-corrected chi connectivity index (χ4v) is 3.18. The van der Waals surface area contributed by atoms with Gasteiger partial charge in [-0.1, -0.05) is 0 Å². The molecule has 24 heavy (non-hydrogen) atoms. The van der Waals surface area contributed by atoms with Crippen molar-refractivity contribution in [3.63, 3.8) is 0 Å². The number of rotatable bonds is 0. The maximum atomic E-state index is 12.7. The third-order valence-electron chi connectivity index (χ3n) is 4.44. The zero-order chi connectivity index (χ0) is 17.8. The fourth-order valence-electron chi connectivity index (χ4n) is 3.18. The van der Waals surface area contributed by atoms with Crippen LogP contribution >= 0.6 is 0 Å². The molecule has 2 heterocycles. The van der Waals surface area contributed by atoms with Crippen molar-refractivity contribution in [2.45, 2.75) is 58.5 Å². The van der Waals surface area contributed by atoms with Crippen LogP contribution in [0.15, 0.2) is 0 Å². The van der Waals surface area contributed by atoms with E-state index in [-0.39, 0.29) is 18.4 Å². The van der Waals surface area contributed by atoms with Crippen molar-refractivity contribution in [1.29, 1.82) is 0 Å². The Hall–Kier alpha value is -1.79. The molecule has 2 aliphatic rings. The Balaban J connectivity index is 2.18. The number of carbonyl (C=O) groups is 3. The second kappa shape index (κ2) is 7.40. The minimum atomic E-state index is -1.22. The number of carbonyl (C=O) groups excluding carboxylic acids is 3. The van der Waals surface area contributed by atoms with Crippen LogP contribution < -0.4 is 10.6 Å². The number of amides is 3. The Morgan fingerprint density at radius 3 is 2.17 bits per heavy atom. The molecule has 7 heteroatoms. The average Bonchev–Trinajstić information content (AvgIpc) is 2.51. The van der Waals surface area contributed by atoms with Crippen LogP contribution in [0.1, 0.15) is 52.9 Å². The van der Waals surface area contributed by atoms with Crippen LogP contribution in [0.4, 0.5) is 4.79 Å². The van der Waals surface area contributed by atoms with Gasteiger partial charge in [0, 0.05) is 26.2 Å². The van der Waals surface area contributed by atoms with Crippen LogP contribution in [-0.4, -0.2) is 54.6 Å². The van der Waals surface area contributed by atoms with Crippen molar-refractivity contribution in [3.8, 4) is 0 Å². The van der Waals surface area contributed by atoms with Crippen LogP contribution in [0.5, 0.6) is 0 Å². The summed E-state index contributed by atoms with van der Waals surface area (Å²) in [4.78, 5) is 39.3. The zero-order valence-electron chi connectivity index (χ0n) is 14.9. The monoisotopic (exact) mass is 339 g/mol. The molecule has 0 radical (unpaired) electrons. The lowest BCUT2D eigenvalue weighted by Gasteiger charge is -2.40. The van der Waals surface area contributed by atoms with Gasteiger partial charge < -0.3 is 20.3 Å². The summed E-state index contributed by atoms with van der Waals surface area (Å²) in [5.41, 5.74) is -1.82. The predicted molar refractivity (Wildman–Crippen MR) is 89.3 cm³/mol. The minimum absolute atomic E-state index is 0.0690. The van der Waals surface area contributed by atoms with Crippen molar-refractivity contribution in [1.82, 2.24) is 15.5 Å². The van der Waals surface area contributed by atoms with Gasteiger partial charge in [0.15, 0.2) is 0 Å². The standard InChI is InChI=1S/C17H29N3O4/c1-16(2,3)24-15(23)20-11-7-8-17(12-20)13(21)18-9-5-4-6-10-19-14(17)22/h4-12H2,1-3H3,(H,18,21)(H,19,22). The third kappa shape index (κ3) is 4.39. The fraction of sp³-hybridized carbons (Fsp3) is 0.824. The summed E-state index contributed by atoms with van der Waals surface area (Å²) in [6.45, 7) is 7.10. The van der Waals surface area contributed by atoms with Crippen LogP contribution in [-0.2, 0) is 14.3 Å². The number of nitrogens with one attached hydrogen (secondary N) is 2. The molecule has 0 aromatic rings. The summed E-state index contributed by atoms with van der Waals surface area (Å²) < 4.78 is 5.41. The van der Waals surface area contributed by atoms with Gasteiger partial charge >= 0.3 is 6.09 Å². The molecule has 7 nitrogen and oxygen atoms in total. The first-order chi connectivity index (χ1) is 11.2. The highest BCUT2D eigenvalue weighted by Crippen LogP contribution is 2.32. The molecular weight excluding hydrogens is 310 g/mol. The molecule has 0 aliphatic carbocycles. The van der Waals surface area contributed by atoms with Gasteiger partial charge in [0.1, 0.15) is 11.0 Å². The van der Waals surface area contributed by atoms with E-state index in [0.717, 1.165) is 19.3 Å². The van der Waals surface area contributed by atoms with Gasteiger partial charge in [0.05, 0.1) is 0 Å². The van der Waals surface area contributed by atoms with Gasteiger partial charge in [-0.25, -0.2) is 4.79 Å². The van der Waals surface area contributed by atoms with Crippen molar-refractivity contribution in [2.24, 2.45) is 5.41 Å². The molecule has 136 valence electrons. The summed E-state index contributed by atoms with van der Waals surface area (Å²) in [6, 6.07) is 0. The smallest absolute Gasteiger partial charge is 0.410 e. The predicted octanol–water partition coefficient (Wildman–Crippen LogP) is 1.42. The summed E-state index contributed by atoms with van der Waals surface area (Å²) >= 11 is 0. The van der Waals surface area contributed by atoms with Crippen LogP contribution in [0.3, 0.4) is 0 Å². The highest BCUT2D eigenvalue weighted by Gasteiger charge is 2.50. The minimum Gasteiger partial charge on any atom is -0.444 e. The van der Waals surface area contributed by atoms with Crippen molar-refractivity contribution in [3.05, 3.63) is 0 Å². The van der Waals surface area contributed by atoms with E-state index < -0.39 is 17.1 Å². The lowest BCUT2D eigenvalue weighted by molar-refractivity contribution is -0.147. The van der Waals surface area contributed by atoms with E-state index in [9.17, 15) is 14.4 Å². The molecule has 2 N–H and O–H groups in total. The molecule has 0 aromatic heterocycles. The van der Waals surface area contributed by atoms with Gasteiger partial charge in [-0.3, -0.25) is 9.59 Å². The molecule has 0 atom stereocenters. The van der Waals surface area contributed by atoms with E-state index in [1.807, 2.05) is 0 Å². The molecule has 0 saturated carbocycles. The summed E-state index contributed by atoms with van der Waals surface area (Å²) in [7, 11) is 0. The van der Waals surface area contributed by atoms with E-state index >= 15 is 0 Å². The molecule has 0 aromatic carbocycles. The Morgan fingerprint density at radius 2 is 1.62 bits per heavy atom. The molecule has 0 bridgehead atoms. The van der Waals surface area contributed by atoms with Crippen LogP contribution in [0.2, 0.25) is 0 Å². The van der Waals surface area contributed by atoms with E-state index in [1.165, 1.54) is 4.90 Å². The number of ether oxygens (including phenoxy) is 1. The summed E-state index contributed by atoms with van der Waals surface area (Å²) in [5.74, 6) is -0.565. The van der Waals surface area contributed by atoms with Gasteiger partial charge in [0.2, 0.25) is 11.8 Å². The number of hydrogen-bond donors (Lipinski definition) is 2. The summed E-state index contributed by atoms with van der Waals surface area (Å²) in [5, 5.41) is 5.74. The largest absolute Gasteiger partial charge is 0.444 e. The van der Waals surface area contributed by atoms with Gasteiger partial charge in [-0.15, -0.1) is 0 Å².